The molecule has 0 radical (unpaired) electrons. The number of aromatic amines is 1. The van der Waals surface area contributed by atoms with Crippen LogP contribution in [0.4, 0.5) is 5.82 Å². The molecular weight excluding hydrogens is 366 g/mol. The zero-order valence-electron chi connectivity index (χ0n) is 15.7. The minimum absolute atomic E-state index is 0.135. The maximum absolute atomic E-state index is 12.5. The van der Waals surface area contributed by atoms with Gasteiger partial charge in [0, 0.05) is 17.9 Å². The first-order valence-electron chi connectivity index (χ1n) is 8.65. The number of nitrogens with zero attached hydrogens (tertiary/aromatic N) is 3. The van der Waals surface area contributed by atoms with Gasteiger partial charge >= 0.3 is 0 Å². The van der Waals surface area contributed by atoms with Crippen molar-refractivity contribution in [2.24, 2.45) is 16.6 Å². The largest absolute Gasteiger partial charge is 0.387 e. The van der Waals surface area contributed by atoms with Gasteiger partial charge in [-0.1, -0.05) is 51.4 Å². The van der Waals surface area contributed by atoms with Crippen molar-refractivity contribution in [2.75, 3.05) is 6.54 Å². The Kier molecular flexibility index (Phi) is 4.82. The first-order valence-corrected chi connectivity index (χ1v) is 9.02. The summed E-state index contributed by atoms with van der Waals surface area (Å²) < 4.78 is 0. The van der Waals surface area contributed by atoms with E-state index in [1.54, 1.807) is 31.2 Å². The standard InChI is InChI=1S/C19H22ClN5O2/c1-10(9-25-17(26)11-7-5-6-8-12(11)18(25)27)15(21)22-16-13(20)14(23-24-16)19(2,3)4/h5-8,10H,9H2,1-4H3,(H3,21,22,23,24). The zero-order chi connectivity index (χ0) is 19.9. The predicted octanol–water partition coefficient (Wildman–Crippen LogP) is 3.28. The molecule has 1 aromatic heterocycles. The van der Waals surface area contributed by atoms with Gasteiger partial charge in [-0.3, -0.25) is 19.6 Å². The molecule has 8 heteroatoms. The molecule has 1 unspecified atom stereocenters. The molecule has 1 aliphatic rings. The third-order valence-corrected chi connectivity index (χ3v) is 4.87. The second-order valence-electron chi connectivity index (χ2n) is 7.69. The fourth-order valence-electron chi connectivity index (χ4n) is 2.89. The van der Waals surface area contributed by atoms with Crippen LogP contribution in [0.5, 0.6) is 0 Å². The zero-order valence-corrected chi connectivity index (χ0v) is 16.5. The highest BCUT2D eigenvalue weighted by atomic mass is 35.5. The van der Waals surface area contributed by atoms with Gasteiger partial charge in [0.15, 0.2) is 5.82 Å². The third-order valence-electron chi connectivity index (χ3n) is 4.51. The monoisotopic (exact) mass is 387 g/mol. The number of fused-ring (bicyclic) bond motifs is 1. The van der Waals surface area contributed by atoms with E-state index < -0.39 is 0 Å². The molecule has 2 aromatic rings. The fourth-order valence-corrected chi connectivity index (χ4v) is 3.30. The molecule has 1 atom stereocenters. The summed E-state index contributed by atoms with van der Waals surface area (Å²) >= 11 is 6.36. The maximum Gasteiger partial charge on any atom is 0.261 e. The molecule has 142 valence electrons. The lowest BCUT2D eigenvalue weighted by molar-refractivity contribution is 0.0644. The van der Waals surface area contributed by atoms with Crippen molar-refractivity contribution in [1.82, 2.24) is 15.1 Å². The highest BCUT2D eigenvalue weighted by Gasteiger charge is 2.36. The fraction of sp³-hybridized carbons (Fsp3) is 0.368. The molecule has 3 rings (SSSR count). The lowest BCUT2D eigenvalue weighted by Gasteiger charge is -2.19. The first kappa shape index (κ1) is 19.1. The van der Waals surface area contributed by atoms with Gasteiger partial charge in [0.25, 0.3) is 11.8 Å². The molecular formula is C19H22ClN5O2. The van der Waals surface area contributed by atoms with Crippen molar-refractivity contribution in [3.63, 3.8) is 0 Å². The molecule has 0 spiro atoms. The average Bonchev–Trinajstić information content (AvgIpc) is 3.08. The molecule has 1 aromatic carbocycles. The molecule has 0 saturated carbocycles. The van der Waals surface area contributed by atoms with E-state index in [1.165, 1.54) is 4.90 Å². The van der Waals surface area contributed by atoms with Gasteiger partial charge in [0.2, 0.25) is 0 Å². The number of carbonyl (C=O) groups is 2. The van der Waals surface area contributed by atoms with E-state index in [2.05, 4.69) is 15.2 Å². The lowest BCUT2D eigenvalue weighted by Crippen LogP contribution is -2.38. The van der Waals surface area contributed by atoms with Gasteiger partial charge in [-0.15, -0.1) is 0 Å². The number of amides is 2. The molecule has 27 heavy (non-hydrogen) atoms. The van der Waals surface area contributed by atoms with Gasteiger partial charge in [-0.05, 0) is 12.1 Å². The Hall–Kier alpha value is -2.67. The topological polar surface area (TPSA) is 104 Å². The molecule has 0 fully saturated rings. The summed E-state index contributed by atoms with van der Waals surface area (Å²) in [7, 11) is 0. The number of rotatable bonds is 4. The first-order chi connectivity index (χ1) is 12.6. The van der Waals surface area contributed by atoms with Crippen molar-refractivity contribution in [1.29, 1.82) is 0 Å². The number of H-pyrrole nitrogens is 1. The average molecular weight is 388 g/mol. The summed E-state index contributed by atoms with van der Waals surface area (Å²) in [6, 6.07) is 6.77. The summed E-state index contributed by atoms with van der Waals surface area (Å²) in [5.74, 6) is -0.432. The van der Waals surface area contributed by atoms with Gasteiger partial charge in [-0.25, -0.2) is 4.99 Å². The third kappa shape index (κ3) is 3.47. The number of aliphatic imine (C=N–C) groups is 1. The number of amidine groups is 1. The summed E-state index contributed by atoms with van der Waals surface area (Å²) in [5, 5.41) is 7.44. The van der Waals surface area contributed by atoms with E-state index in [0.29, 0.717) is 22.0 Å². The van der Waals surface area contributed by atoms with Crippen LogP contribution in [0, 0.1) is 5.92 Å². The van der Waals surface area contributed by atoms with Crippen LogP contribution in [-0.4, -0.2) is 39.3 Å². The van der Waals surface area contributed by atoms with Crippen LogP contribution in [0.1, 0.15) is 54.1 Å². The second-order valence-corrected chi connectivity index (χ2v) is 8.07. The number of hydrogen-bond donors (Lipinski definition) is 2. The molecule has 1 aliphatic heterocycles. The van der Waals surface area contributed by atoms with E-state index in [0.717, 1.165) is 5.69 Å². The Morgan fingerprint density at radius 3 is 2.30 bits per heavy atom. The number of nitrogens with two attached hydrogens (primary N) is 1. The molecule has 0 saturated heterocycles. The van der Waals surface area contributed by atoms with Crippen molar-refractivity contribution in [3.05, 3.63) is 46.1 Å². The number of halogens is 1. The highest BCUT2D eigenvalue weighted by Crippen LogP contribution is 2.34. The van der Waals surface area contributed by atoms with E-state index in [9.17, 15) is 9.59 Å². The van der Waals surface area contributed by atoms with Crippen LogP contribution in [-0.2, 0) is 5.41 Å². The van der Waals surface area contributed by atoms with Crippen LogP contribution < -0.4 is 5.73 Å². The quantitative estimate of drug-likeness (QED) is 0.477. The van der Waals surface area contributed by atoms with Crippen molar-refractivity contribution in [2.45, 2.75) is 33.1 Å². The molecule has 2 amide bonds. The number of imide groups is 1. The summed E-state index contributed by atoms with van der Waals surface area (Å²) in [6.07, 6.45) is 0. The van der Waals surface area contributed by atoms with E-state index >= 15 is 0 Å². The van der Waals surface area contributed by atoms with Crippen LogP contribution in [0.15, 0.2) is 29.3 Å². The van der Waals surface area contributed by atoms with E-state index in [-0.39, 0.29) is 35.5 Å². The number of aromatic nitrogens is 2. The second kappa shape index (κ2) is 6.81. The van der Waals surface area contributed by atoms with Crippen LogP contribution >= 0.6 is 11.6 Å². The molecule has 0 bridgehead atoms. The number of nitrogens with one attached hydrogen (secondary N) is 1. The Labute approximate surface area is 162 Å². The molecule has 2 heterocycles. The predicted molar refractivity (Wildman–Crippen MR) is 105 cm³/mol. The van der Waals surface area contributed by atoms with Gasteiger partial charge < -0.3 is 5.73 Å². The van der Waals surface area contributed by atoms with E-state index in [1.807, 2.05) is 20.8 Å². The molecule has 7 nitrogen and oxygen atoms in total. The van der Waals surface area contributed by atoms with Crippen molar-refractivity contribution < 1.29 is 9.59 Å². The van der Waals surface area contributed by atoms with Crippen molar-refractivity contribution in [3.8, 4) is 0 Å². The molecule has 0 aliphatic carbocycles. The van der Waals surface area contributed by atoms with Crippen LogP contribution in [0.25, 0.3) is 0 Å². The minimum atomic E-state index is -0.349. The SMILES string of the molecule is CC(CN1C(=O)c2ccccc2C1=O)C(N)=Nc1n[nH]c(C(C)(C)C)c1Cl. The lowest BCUT2D eigenvalue weighted by atomic mass is 9.92. The van der Waals surface area contributed by atoms with Crippen LogP contribution in [0.3, 0.4) is 0 Å². The van der Waals surface area contributed by atoms with Crippen LogP contribution in [0.2, 0.25) is 5.02 Å². The summed E-state index contributed by atoms with van der Waals surface area (Å²) in [4.78, 5) is 30.5. The normalized spacial score (nSPS) is 16.0. The number of carbonyl (C=O) groups excluding carboxylic acids is 2. The Morgan fingerprint density at radius 2 is 1.81 bits per heavy atom. The summed E-state index contributed by atoms with van der Waals surface area (Å²) in [6.45, 7) is 7.96. The highest BCUT2D eigenvalue weighted by molar-refractivity contribution is 6.33. The Morgan fingerprint density at radius 1 is 1.26 bits per heavy atom. The van der Waals surface area contributed by atoms with Crippen molar-refractivity contribution >= 4 is 35.1 Å². The van der Waals surface area contributed by atoms with Gasteiger partial charge in [-0.2, -0.15) is 5.10 Å². The number of hydrogen-bond acceptors (Lipinski definition) is 4. The smallest absolute Gasteiger partial charge is 0.261 e. The Balaban J connectivity index is 1.78. The Bertz CT molecular complexity index is 907. The number of benzene rings is 1. The maximum atomic E-state index is 12.5. The molecule has 3 N–H and O–H groups in total. The van der Waals surface area contributed by atoms with Gasteiger partial charge in [0.05, 0.1) is 16.8 Å². The van der Waals surface area contributed by atoms with E-state index in [4.69, 9.17) is 17.3 Å². The summed E-state index contributed by atoms with van der Waals surface area (Å²) in [5.41, 5.74) is 7.48. The minimum Gasteiger partial charge on any atom is -0.387 e. The van der Waals surface area contributed by atoms with Gasteiger partial charge in [0.1, 0.15) is 10.9 Å².